The van der Waals surface area contributed by atoms with Crippen molar-refractivity contribution in [3.8, 4) is 5.75 Å². The van der Waals surface area contributed by atoms with Crippen molar-refractivity contribution in [3.05, 3.63) is 29.8 Å². The van der Waals surface area contributed by atoms with Crippen LogP contribution in [0.15, 0.2) is 24.3 Å². The van der Waals surface area contributed by atoms with Gasteiger partial charge < -0.3 is 19.1 Å². The molecule has 1 amide bonds. The summed E-state index contributed by atoms with van der Waals surface area (Å²) in [5, 5.41) is 0. The van der Waals surface area contributed by atoms with Gasteiger partial charge in [-0.25, -0.2) is 0 Å². The van der Waals surface area contributed by atoms with Crippen molar-refractivity contribution >= 4 is 5.91 Å². The molecule has 0 aromatic heterocycles. The highest BCUT2D eigenvalue weighted by atomic mass is 16.7. The van der Waals surface area contributed by atoms with Gasteiger partial charge in [-0.3, -0.25) is 4.79 Å². The summed E-state index contributed by atoms with van der Waals surface area (Å²) in [4.78, 5) is 15.1. The van der Waals surface area contributed by atoms with Crippen LogP contribution in [-0.2, 0) is 14.3 Å². The van der Waals surface area contributed by atoms with Gasteiger partial charge in [0.1, 0.15) is 5.75 Å². The van der Waals surface area contributed by atoms with E-state index in [1.807, 2.05) is 29.2 Å². The van der Waals surface area contributed by atoms with Crippen LogP contribution in [0.25, 0.3) is 0 Å². The monoisotopic (exact) mass is 333 g/mol. The van der Waals surface area contributed by atoms with Gasteiger partial charge in [0.2, 0.25) is 5.91 Å². The highest BCUT2D eigenvalue weighted by Crippen LogP contribution is 2.34. The summed E-state index contributed by atoms with van der Waals surface area (Å²) in [6.07, 6.45) is 1.51. The van der Waals surface area contributed by atoms with Crippen LogP contribution in [0.4, 0.5) is 0 Å². The summed E-state index contributed by atoms with van der Waals surface area (Å²) >= 11 is 0. The Morgan fingerprint density at radius 3 is 2.21 bits per heavy atom. The molecule has 1 aromatic carbocycles. The number of benzene rings is 1. The Hall–Kier alpha value is -1.59. The fourth-order valence-electron chi connectivity index (χ4n) is 3.67. The third-order valence-corrected chi connectivity index (χ3v) is 5.06. The molecular formula is C19H27NO4. The third kappa shape index (κ3) is 3.42. The third-order valence-electron chi connectivity index (χ3n) is 5.06. The normalized spacial score (nSPS) is 21.2. The number of rotatable bonds is 4. The van der Waals surface area contributed by atoms with E-state index in [0.29, 0.717) is 26.3 Å². The fraction of sp³-hybridized carbons (Fsp3) is 0.632. The Balaban J connectivity index is 1.70. The van der Waals surface area contributed by atoms with Crippen molar-refractivity contribution in [1.82, 2.24) is 4.90 Å². The highest BCUT2D eigenvalue weighted by molar-refractivity contribution is 5.84. The summed E-state index contributed by atoms with van der Waals surface area (Å²) < 4.78 is 16.7. The second-order valence-corrected chi connectivity index (χ2v) is 6.93. The summed E-state index contributed by atoms with van der Waals surface area (Å²) in [6.45, 7) is 6.90. The van der Waals surface area contributed by atoms with Gasteiger partial charge in [-0.1, -0.05) is 26.0 Å². The largest absolute Gasteiger partial charge is 0.497 e. The van der Waals surface area contributed by atoms with Crippen molar-refractivity contribution in [2.45, 2.75) is 38.4 Å². The molecule has 1 aromatic rings. The Kier molecular flexibility index (Phi) is 5.11. The van der Waals surface area contributed by atoms with Gasteiger partial charge >= 0.3 is 0 Å². The van der Waals surface area contributed by atoms with Gasteiger partial charge in [0, 0.05) is 25.9 Å². The zero-order chi connectivity index (χ0) is 17.2. The maximum atomic E-state index is 13.1. The van der Waals surface area contributed by atoms with Crippen LogP contribution in [0, 0.1) is 5.92 Å². The average molecular weight is 333 g/mol. The predicted octanol–water partition coefficient (Wildman–Crippen LogP) is 2.80. The molecule has 1 atom stereocenters. The number of amides is 1. The molecule has 0 N–H and O–H groups in total. The molecular weight excluding hydrogens is 306 g/mol. The van der Waals surface area contributed by atoms with Crippen LogP contribution < -0.4 is 4.74 Å². The molecule has 0 aliphatic carbocycles. The van der Waals surface area contributed by atoms with E-state index in [-0.39, 0.29) is 17.7 Å². The van der Waals surface area contributed by atoms with Gasteiger partial charge in [0.15, 0.2) is 5.79 Å². The molecule has 0 saturated carbocycles. The Labute approximate surface area is 143 Å². The number of piperidine rings is 1. The molecule has 5 heteroatoms. The average Bonchev–Trinajstić information content (AvgIpc) is 3.04. The van der Waals surface area contributed by atoms with E-state index < -0.39 is 5.79 Å². The molecule has 24 heavy (non-hydrogen) atoms. The van der Waals surface area contributed by atoms with Crippen LogP contribution in [0.1, 0.15) is 38.2 Å². The summed E-state index contributed by atoms with van der Waals surface area (Å²) in [5.41, 5.74) is 1.05. The van der Waals surface area contributed by atoms with E-state index in [1.165, 1.54) is 0 Å². The number of hydrogen-bond donors (Lipinski definition) is 0. The number of carbonyl (C=O) groups excluding carboxylic acids is 1. The van der Waals surface area contributed by atoms with E-state index in [9.17, 15) is 4.79 Å². The van der Waals surface area contributed by atoms with E-state index in [4.69, 9.17) is 14.2 Å². The Bertz CT molecular complexity index is 553. The lowest BCUT2D eigenvalue weighted by molar-refractivity contribution is -0.188. The van der Waals surface area contributed by atoms with E-state index in [1.54, 1.807) is 7.11 Å². The first kappa shape index (κ1) is 17.2. The molecule has 132 valence electrons. The maximum absolute atomic E-state index is 13.1. The molecule has 0 radical (unpaired) electrons. The molecule has 3 rings (SSSR count). The molecule has 2 heterocycles. The van der Waals surface area contributed by atoms with Crippen LogP contribution in [0.3, 0.4) is 0 Å². The zero-order valence-corrected chi connectivity index (χ0v) is 14.8. The second kappa shape index (κ2) is 7.11. The smallest absolute Gasteiger partial charge is 0.230 e. The second-order valence-electron chi connectivity index (χ2n) is 6.93. The first-order chi connectivity index (χ1) is 11.5. The number of ether oxygens (including phenoxy) is 3. The molecule has 5 nitrogen and oxygen atoms in total. The minimum absolute atomic E-state index is 0.129. The fourth-order valence-corrected chi connectivity index (χ4v) is 3.67. The predicted molar refractivity (Wildman–Crippen MR) is 91.0 cm³/mol. The summed E-state index contributed by atoms with van der Waals surface area (Å²) in [7, 11) is 1.65. The molecule has 1 spiro atoms. The first-order valence-electron chi connectivity index (χ1n) is 8.75. The number of likely N-dealkylation sites (tertiary alicyclic amines) is 1. The molecule has 2 aliphatic heterocycles. The van der Waals surface area contributed by atoms with Gasteiger partial charge in [-0.2, -0.15) is 0 Å². The van der Waals surface area contributed by atoms with Crippen LogP contribution in [0.2, 0.25) is 0 Å². The van der Waals surface area contributed by atoms with Crippen molar-refractivity contribution in [3.63, 3.8) is 0 Å². The van der Waals surface area contributed by atoms with Gasteiger partial charge in [-0.05, 0) is 23.6 Å². The van der Waals surface area contributed by atoms with Crippen molar-refractivity contribution in [2.24, 2.45) is 5.92 Å². The first-order valence-corrected chi connectivity index (χ1v) is 8.75. The highest BCUT2D eigenvalue weighted by Gasteiger charge is 2.42. The Morgan fingerprint density at radius 1 is 1.12 bits per heavy atom. The summed E-state index contributed by atoms with van der Waals surface area (Å²) in [6, 6.07) is 7.83. The molecule has 1 unspecified atom stereocenters. The summed E-state index contributed by atoms with van der Waals surface area (Å²) in [5.74, 6) is 0.674. The van der Waals surface area contributed by atoms with E-state index in [2.05, 4.69) is 13.8 Å². The van der Waals surface area contributed by atoms with Crippen LogP contribution in [0.5, 0.6) is 5.75 Å². The number of hydrogen-bond acceptors (Lipinski definition) is 4. The SMILES string of the molecule is COc1ccc(C(C(=O)N2CCC3(CC2)OCCO3)C(C)C)cc1. The topological polar surface area (TPSA) is 48.0 Å². The van der Waals surface area contributed by atoms with Crippen molar-refractivity contribution in [1.29, 1.82) is 0 Å². The lowest BCUT2D eigenvalue weighted by atomic mass is 9.86. The minimum atomic E-state index is -0.440. The standard InChI is InChI=1S/C19H27NO4/c1-14(2)17(15-4-6-16(22-3)7-5-15)18(21)20-10-8-19(9-11-20)23-12-13-24-19/h4-7,14,17H,8-13H2,1-3H3. The molecule has 2 saturated heterocycles. The quantitative estimate of drug-likeness (QED) is 0.850. The van der Waals surface area contributed by atoms with Crippen LogP contribution >= 0.6 is 0 Å². The Morgan fingerprint density at radius 2 is 1.71 bits per heavy atom. The van der Waals surface area contributed by atoms with Crippen molar-refractivity contribution in [2.75, 3.05) is 33.4 Å². The molecule has 2 aliphatic rings. The van der Waals surface area contributed by atoms with Gasteiger partial charge in [0.25, 0.3) is 0 Å². The number of carbonyl (C=O) groups is 1. The van der Waals surface area contributed by atoms with Gasteiger partial charge in [0.05, 0.1) is 26.2 Å². The zero-order valence-electron chi connectivity index (χ0n) is 14.8. The van der Waals surface area contributed by atoms with Gasteiger partial charge in [-0.15, -0.1) is 0 Å². The molecule has 2 fully saturated rings. The molecule has 0 bridgehead atoms. The van der Waals surface area contributed by atoms with E-state index in [0.717, 1.165) is 24.2 Å². The number of nitrogens with zero attached hydrogens (tertiary/aromatic N) is 1. The minimum Gasteiger partial charge on any atom is -0.497 e. The maximum Gasteiger partial charge on any atom is 0.230 e. The lowest BCUT2D eigenvalue weighted by Crippen LogP contribution is -2.49. The van der Waals surface area contributed by atoms with Crippen LogP contribution in [-0.4, -0.2) is 50.0 Å². The number of methoxy groups -OCH3 is 1. The van der Waals surface area contributed by atoms with Crippen molar-refractivity contribution < 1.29 is 19.0 Å². The lowest BCUT2D eigenvalue weighted by Gasteiger charge is -2.39. The van der Waals surface area contributed by atoms with E-state index >= 15 is 0 Å².